The molecule has 0 bridgehead atoms. The van der Waals surface area contributed by atoms with Gasteiger partial charge in [-0.25, -0.2) is 15.0 Å². The highest BCUT2D eigenvalue weighted by Gasteiger charge is 2.22. The smallest absolute Gasteiger partial charge is 0.320 e. The quantitative estimate of drug-likeness (QED) is 0.0918. The molecule has 4 aromatic heterocycles. The highest BCUT2D eigenvalue weighted by molar-refractivity contribution is 7.16. The first kappa shape index (κ1) is 26.3. The number of hydrogen-bond donors (Lipinski definition) is 1. The maximum Gasteiger partial charge on any atom is 0.320 e. The summed E-state index contributed by atoms with van der Waals surface area (Å²) in [5, 5.41) is 0.632. The van der Waals surface area contributed by atoms with E-state index < -0.39 is 6.10 Å². The monoisotopic (exact) mass is 563 g/mol. The number of nitrogens with zero attached hydrogens (tertiary/aromatic N) is 4. The number of rotatable bonds is 7. The lowest BCUT2D eigenvalue weighted by molar-refractivity contribution is -0.132. The number of benzene rings is 1. The number of aliphatic imine (C=N–C) groups is 1. The summed E-state index contributed by atoms with van der Waals surface area (Å²) in [5.74, 6) is 0.865. The van der Waals surface area contributed by atoms with Gasteiger partial charge in [-0.3, -0.25) is 14.6 Å². The number of amidine groups is 1. The number of pyridine rings is 2. The Kier molecular flexibility index (Phi) is 7.27. The van der Waals surface area contributed by atoms with Crippen molar-refractivity contribution < 1.29 is 18.8 Å². The molecule has 0 saturated carbocycles. The average Bonchev–Trinajstić information content (AvgIpc) is 3.40. The third kappa shape index (κ3) is 5.06. The van der Waals surface area contributed by atoms with Crippen molar-refractivity contribution in [1.82, 2.24) is 20.4 Å². The number of carbonyl (C=O) groups is 1. The average molecular weight is 564 g/mol. The van der Waals surface area contributed by atoms with Crippen molar-refractivity contribution in [1.29, 1.82) is 0 Å². The number of ether oxygens (including phenoxy) is 1. The third-order valence-corrected chi connectivity index (χ3v) is 7.02. The van der Waals surface area contributed by atoms with E-state index >= 15 is 0 Å². The molecule has 4 heterocycles. The summed E-state index contributed by atoms with van der Waals surface area (Å²) in [6.45, 7) is 5.68. The molecule has 12 heteroatoms. The van der Waals surface area contributed by atoms with Crippen molar-refractivity contribution in [3.8, 4) is 17.1 Å². The van der Waals surface area contributed by atoms with E-state index in [2.05, 4.69) is 30.3 Å². The number of nitrogens with one attached hydrogen (secondary N) is 1. The van der Waals surface area contributed by atoms with Crippen LogP contribution in [0.2, 0.25) is 5.15 Å². The Morgan fingerprint density at radius 3 is 2.82 bits per heavy atom. The molecule has 1 unspecified atom stereocenters. The highest BCUT2D eigenvalue weighted by Crippen LogP contribution is 2.34. The Balaban J connectivity index is 1.62. The van der Waals surface area contributed by atoms with Crippen molar-refractivity contribution in [2.75, 3.05) is 7.05 Å². The molecule has 39 heavy (non-hydrogen) atoms. The number of fused-ring (bicyclic) bond motifs is 2. The molecular weight excluding hydrogens is 542 g/mol. The number of aryl methyl sites for hydroxylation is 1. The van der Waals surface area contributed by atoms with E-state index in [1.807, 2.05) is 26.0 Å². The van der Waals surface area contributed by atoms with Gasteiger partial charge in [0.15, 0.2) is 17.0 Å². The Morgan fingerprint density at radius 1 is 1.23 bits per heavy atom. The molecule has 0 aliphatic rings. The second-order valence-corrected chi connectivity index (χ2v) is 9.87. The summed E-state index contributed by atoms with van der Waals surface area (Å²) in [4.78, 5) is 46.8. The molecule has 0 amide bonds. The summed E-state index contributed by atoms with van der Waals surface area (Å²) in [5.41, 5.74) is 7.98. The first-order valence-corrected chi connectivity index (χ1v) is 13.0. The molecule has 0 radical (unpaired) electrons. The van der Waals surface area contributed by atoms with Crippen molar-refractivity contribution in [2.45, 2.75) is 26.9 Å². The maximum atomic E-state index is 13.5. The molecular formula is C27H22ClN5O5S. The van der Waals surface area contributed by atoms with Gasteiger partial charge in [0.05, 0.1) is 10.9 Å². The fraction of sp³-hybridized carbons (Fsp3) is 0.185. The Labute approximate surface area is 231 Å². The predicted octanol–water partition coefficient (Wildman–Crippen LogP) is 5.32. The topological polar surface area (TPSA) is 129 Å². The van der Waals surface area contributed by atoms with Gasteiger partial charge in [-0.05, 0) is 56.7 Å². The van der Waals surface area contributed by atoms with E-state index in [1.54, 1.807) is 36.8 Å². The minimum atomic E-state index is -0.600. The van der Waals surface area contributed by atoms with Crippen molar-refractivity contribution in [3.05, 3.63) is 79.8 Å². The number of aromatic nitrogens is 3. The fourth-order valence-corrected chi connectivity index (χ4v) is 5.01. The normalized spacial score (nSPS) is 12.5. The minimum absolute atomic E-state index is 0.135. The van der Waals surface area contributed by atoms with Gasteiger partial charge in [-0.1, -0.05) is 11.6 Å². The number of halogens is 1. The number of hydrogen-bond acceptors (Lipinski definition) is 10. The van der Waals surface area contributed by atoms with E-state index in [0.29, 0.717) is 39.2 Å². The van der Waals surface area contributed by atoms with Crippen LogP contribution >= 0.6 is 22.9 Å². The molecule has 0 spiro atoms. The zero-order valence-electron chi connectivity index (χ0n) is 21.3. The van der Waals surface area contributed by atoms with E-state index in [-0.39, 0.29) is 28.6 Å². The van der Waals surface area contributed by atoms with E-state index in [1.165, 1.54) is 18.4 Å². The van der Waals surface area contributed by atoms with Gasteiger partial charge in [-0.2, -0.15) is 5.48 Å². The highest BCUT2D eigenvalue weighted by atomic mass is 35.5. The predicted molar refractivity (Wildman–Crippen MR) is 149 cm³/mol. The zero-order chi connectivity index (χ0) is 27.7. The van der Waals surface area contributed by atoms with Crippen molar-refractivity contribution in [2.24, 2.45) is 4.99 Å². The van der Waals surface area contributed by atoms with Crippen LogP contribution in [0.25, 0.3) is 32.6 Å². The molecule has 5 rings (SSSR count). The molecule has 0 aliphatic carbocycles. The fourth-order valence-electron chi connectivity index (χ4n) is 4.25. The van der Waals surface area contributed by atoms with Crippen molar-refractivity contribution in [3.63, 3.8) is 0 Å². The molecule has 1 aromatic carbocycles. The van der Waals surface area contributed by atoms with Gasteiger partial charge in [0.1, 0.15) is 38.7 Å². The van der Waals surface area contributed by atoms with Crippen LogP contribution in [-0.4, -0.2) is 34.3 Å². The number of carbonyl (C=O) groups excluding carboxylic acids is 1. The summed E-state index contributed by atoms with van der Waals surface area (Å²) in [7, 11) is 1.50. The van der Waals surface area contributed by atoms with E-state index in [9.17, 15) is 9.59 Å². The zero-order valence-corrected chi connectivity index (χ0v) is 22.9. The van der Waals surface area contributed by atoms with Crippen LogP contribution in [-0.2, 0) is 9.63 Å². The largest absolute Gasteiger partial charge is 0.483 e. The summed E-state index contributed by atoms with van der Waals surface area (Å²) < 4.78 is 12.7. The first-order valence-electron chi connectivity index (χ1n) is 11.7. The lowest BCUT2D eigenvalue weighted by Crippen LogP contribution is -2.26. The van der Waals surface area contributed by atoms with Gasteiger partial charge >= 0.3 is 6.47 Å². The van der Waals surface area contributed by atoms with Gasteiger partial charge in [-0.15, -0.1) is 11.3 Å². The lowest BCUT2D eigenvalue weighted by atomic mass is 10.00. The first-order chi connectivity index (χ1) is 18.8. The van der Waals surface area contributed by atoms with Crippen LogP contribution in [0.15, 0.2) is 56.2 Å². The Bertz CT molecular complexity index is 1820. The molecule has 1 N–H and O–H groups in total. The van der Waals surface area contributed by atoms with Crippen LogP contribution in [0.1, 0.15) is 35.4 Å². The van der Waals surface area contributed by atoms with Crippen LogP contribution in [0, 0.1) is 13.8 Å². The molecule has 1 atom stereocenters. The van der Waals surface area contributed by atoms with Crippen molar-refractivity contribution >= 4 is 56.6 Å². The number of thiazole rings is 1. The van der Waals surface area contributed by atoms with Crippen LogP contribution < -0.4 is 15.6 Å². The molecule has 5 aromatic rings. The molecule has 0 fully saturated rings. The second-order valence-electron chi connectivity index (χ2n) is 8.65. The van der Waals surface area contributed by atoms with E-state index in [0.717, 1.165) is 15.9 Å². The van der Waals surface area contributed by atoms with Gasteiger partial charge in [0.25, 0.3) is 0 Å². The Morgan fingerprint density at radius 2 is 2.05 bits per heavy atom. The molecule has 0 saturated heterocycles. The summed E-state index contributed by atoms with van der Waals surface area (Å²) in [6.07, 6.45) is 1.08. The van der Waals surface area contributed by atoms with E-state index in [4.69, 9.17) is 20.8 Å². The lowest BCUT2D eigenvalue weighted by Gasteiger charge is -2.20. The number of hydroxylamine groups is 1. The molecule has 10 nitrogen and oxygen atoms in total. The van der Waals surface area contributed by atoms with Gasteiger partial charge in [0.2, 0.25) is 0 Å². The minimum Gasteiger partial charge on any atom is -0.483 e. The third-order valence-electron chi connectivity index (χ3n) is 6.06. The Hall–Kier alpha value is -4.35. The van der Waals surface area contributed by atoms with Crippen LogP contribution in [0.5, 0.6) is 5.75 Å². The second kappa shape index (κ2) is 10.8. The summed E-state index contributed by atoms with van der Waals surface area (Å²) in [6, 6.07) is 8.76. The molecule has 198 valence electrons. The maximum absolute atomic E-state index is 13.5. The van der Waals surface area contributed by atoms with Crippen LogP contribution in [0.3, 0.4) is 0 Å². The van der Waals surface area contributed by atoms with Gasteiger partial charge in [0, 0.05) is 29.9 Å². The van der Waals surface area contributed by atoms with Gasteiger partial charge < -0.3 is 14.0 Å². The standard InChI is InChI=1S/C27H22ClN5O5S/c1-13-7-17(15(3)37-20-5-6-21(28)32-22(20)26(29-4)33-36-12-34)25-18(8-13)23(35)14(2)24(38-25)16-9-19-27(30-10-16)39-11-31-19/h5-12,15H,1-4H3,(H,29,33). The molecule has 0 aliphatic heterocycles. The van der Waals surface area contributed by atoms with Crippen LogP contribution in [0.4, 0.5) is 0 Å². The SMILES string of the molecule is CN=C(NOC=O)c1nc(Cl)ccc1OC(C)c1cc(C)cc2c(=O)c(C)c(-c3cnc4scnc4c3)oc12. The summed E-state index contributed by atoms with van der Waals surface area (Å²) >= 11 is 7.56.